The number of nitrogens with one attached hydrogen (secondary N) is 2. The van der Waals surface area contributed by atoms with Crippen molar-refractivity contribution in [1.82, 2.24) is 10.5 Å². The number of anilines is 1. The molecule has 1 aliphatic rings. The Kier molecular flexibility index (Phi) is 6.90. The molecule has 3 aromatic rings. The highest BCUT2D eigenvalue weighted by Crippen LogP contribution is 2.39. The van der Waals surface area contributed by atoms with Crippen molar-refractivity contribution < 1.29 is 23.3 Å². The summed E-state index contributed by atoms with van der Waals surface area (Å²) in [6.07, 6.45) is 9.28. The van der Waals surface area contributed by atoms with E-state index in [-0.39, 0.29) is 25.0 Å². The second kappa shape index (κ2) is 10.2. The molecule has 3 heterocycles. The SMILES string of the molecule is Cc1nocc1CNC(=O)OCC1CCc2c(sc(NC(=O)/C=C/c3ccoc3)c2C#N)C1. The lowest BCUT2D eigenvalue weighted by Gasteiger charge is -2.21. The fourth-order valence-corrected chi connectivity index (χ4v) is 4.91. The van der Waals surface area contributed by atoms with E-state index < -0.39 is 6.09 Å². The lowest BCUT2D eigenvalue weighted by Crippen LogP contribution is -2.27. The molecule has 0 bridgehead atoms. The number of nitrogens with zero attached hydrogens (tertiary/aromatic N) is 2. The van der Waals surface area contributed by atoms with Gasteiger partial charge in [-0.3, -0.25) is 4.79 Å². The van der Waals surface area contributed by atoms with Gasteiger partial charge in [-0.1, -0.05) is 5.16 Å². The van der Waals surface area contributed by atoms with Crippen molar-refractivity contribution in [2.75, 3.05) is 11.9 Å². The number of alkyl carbamates (subject to hydrolysis) is 1. The molecule has 33 heavy (non-hydrogen) atoms. The third kappa shape index (κ3) is 5.51. The summed E-state index contributed by atoms with van der Waals surface area (Å²) >= 11 is 1.41. The maximum absolute atomic E-state index is 12.3. The van der Waals surface area contributed by atoms with Gasteiger partial charge in [0.15, 0.2) is 0 Å². The molecule has 9 nitrogen and oxygen atoms in total. The van der Waals surface area contributed by atoms with Gasteiger partial charge < -0.3 is 24.3 Å². The van der Waals surface area contributed by atoms with Crippen LogP contribution in [-0.2, 0) is 28.9 Å². The van der Waals surface area contributed by atoms with Crippen LogP contribution in [0.1, 0.15) is 39.2 Å². The third-order valence-electron chi connectivity index (χ3n) is 5.41. The zero-order valence-electron chi connectivity index (χ0n) is 17.9. The van der Waals surface area contributed by atoms with Gasteiger partial charge in [-0.05, 0) is 49.8 Å². The first-order valence-electron chi connectivity index (χ1n) is 10.4. The van der Waals surface area contributed by atoms with Crippen LogP contribution in [0.4, 0.5) is 9.80 Å². The highest BCUT2D eigenvalue weighted by Gasteiger charge is 2.27. The van der Waals surface area contributed by atoms with E-state index in [1.165, 1.54) is 36.2 Å². The summed E-state index contributed by atoms with van der Waals surface area (Å²) in [5, 5.41) is 19.5. The molecule has 3 aromatic heterocycles. The van der Waals surface area contributed by atoms with Crippen molar-refractivity contribution in [1.29, 1.82) is 5.26 Å². The molecular formula is C23H22N4O5S. The smallest absolute Gasteiger partial charge is 0.407 e. The lowest BCUT2D eigenvalue weighted by molar-refractivity contribution is -0.111. The summed E-state index contributed by atoms with van der Waals surface area (Å²) in [7, 11) is 0. The Morgan fingerprint density at radius 1 is 1.42 bits per heavy atom. The normalized spacial score (nSPS) is 15.1. The Balaban J connectivity index is 1.31. The van der Waals surface area contributed by atoms with Crippen molar-refractivity contribution in [3.63, 3.8) is 0 Å². The number of fused-ring (bicyclic) bond motifs is 1. The van der Waals surface area contributed by atoms with E-state index in [0.29, 0.717) is 23.4 Å². The molecule has 4 rings (SSSR count). The first-order chi connectivity index (χ1) is 16.0. The summed E-state index contributed by atoms with van der Waals surface area (Å²) in [5.74, 6) is -0.166. The van der Waals surface area contributed by atoms with Crippen molar-refractivity contribution in [2.24, 2.45) is 5.92 Å². The quantitative estimate of drug-likeness (QED) is 0.499. The second-order valence-electron chi connectivity index (χ2n) is 7.69. The number of rotatable bonds is 7. The number of ether oxygens (including phenoxy) is 1. The number of furan rings is 1. The Bertz CT molecular complexity index is 1200. The highest BCUT2D eigenvalue weighted by atomic mass is 32.1. The number of thiophene rings is 1. The Hall–Kier alpha value is -3.84. The molecule has 170 valence electrons. The van der Waals surface area contributed by atoms with Gasteiger partial charge in [-0.15, -0.1) is 11.3 Å². The molecule has 0 aliphatic heterocycles. The van der Waals surface area contributed by atoms with Crippen LogP contribution < -0.4 is 10.6 Å². The summed E-state index contributed by atoms with van der Waals surface area (Å²) in [5.41, 5.74) is 3.79. The number of aryl methyl sites for hydroxylation is 1. The molecule has 2 amide bonds. The van der Waals surface area contributed by atoms with E-state index >= 15 is 0 Å². The topological polar surface area (TPSA) is 130 Å². The maximum Gasteiger partial charge on any atom is 0.407 e. The highest BCUT2D eigenvalue weighted by molar-refractivity contribution is 7.16. The number of hydrogen-bond donors (Lipinski definition) is 2. The molecular weight excluding hydrogens is 444 g/mol. The third-order valence-corrected chi connectivity index (χ3v) is 6.58. The van der Waals surface area contributed by atoms with E-state index in [1.807, 2.05) is 0 Å². The molecule has 1 aliphatic carbocycles. The van der Waals surface area contributed by atoms with Gasteiger partial charge in [0.25, 0.3) is 0 Å². The summed E-state index contributed by atoms with van der Waals surface area (Å²) < 4.78 is 15.2. The van der Waals surface area contributed by atoms with Crippen molar-refractivity contribution in [3.8, 4) is 6.07 Å². The first kappa shape index (κ1) is 22.4. The number of hydrogen-bond acceptors (Lipinski definition) is 8. The van der Waals surface area contributed by atoms with Crippen LogP contribution >= 0.6 is 11.3 Å². The van der Waals surface area contributed by atoms with E-state index in [2.05, 4.69) is 21.9 Å². The minimum absolute atomic E-state index is 0.148. The van der Waals surface area contributed by atoms with Gasteiger partial charge >= 0.3 is 6.09 Å². The average Bonchev–Trinajstić information content (AvgIpc) is 3.54. The van der Waals surface area contributed by atoms with Crippen LogP contribution in [0.3, 0.4) is 0 Å². The number of nitriles is 1. The van der Waals surface area contributed by atoms with Gasteiger partial charge in [0.2, 0.25) is 5.91 Å². The van der Waals surface area contributed by atoms with Crippen molar-refractivity contribution in [3.05, 3.63) is 63.8 Å². The zero-order valence-corrected chi connectivity index (χ0v) is 18.7. The average molecular weight is 467 g/mol. The first-order valence-corrected chi connectivity index (χ1v) is 11.2. The molecule has 1 unspecified atom stereocenters. The molecule has 0 saturated heterocycles. The standard InChI is InChI=1S/C23H22N4O5S/c1-14-17(13-32-27-14)10-25-23(29)31-12-16-2-4-18-19(9-24)22(33-20(18)8-16)26-21(28)5-3-15-6-7-30-11-15/h3,5-7,11,13,16H,2,4,8,10,12H2,1H3,(H,25,29)(H,26,28)/b5-3+. The monoisotopic (exact) mass is 466 g/mol. The molecule has 0 fully saturated rings. The fraction of sp³-hybridized carbons (Fsp3) is 0.304. The molecule has 0 saturated carbocycles. The van der Waals surface area contributed by atoms with E-state index in [4.69, 9.17) is 13.7 Å². The van der Waals surface area contributed by atoms with Crippen LogP contribution in [0, 0.1) is 24.2 Å². The number of aromatic nitrogens is 1. The van der Waals surface area contributed by atoms with E-state index in [9.17, 15) is 14.9 Å². The van der Waals surface area contributed by atoms with Crippen molar-refractivity contribution in [2.45, 2.75) is 32.7 Å². The Labute approximate surface area is 194 Å². The van der Waals surface area contributed by atoms with Crippen LogP contribution in [0.5, 0.6) is 0 Å². The van der Waals surface area contributed by atoms with Gasteiger partial charge in [0, 0.05) is 22.1 Å². The molecule has 10 heteroatoms. The predicted molar refractivity (Wildman–Crippen MR) is 120 cm³/mol. The van der Waals surface area contributed by atoms with Crippen LogP contribution in [0.15, 0.2) is 39.9 Å². The fourth-order valence-electron chi connectivity index (χ4n) is 3.59. The molecule has 1 atom stereocenters. The minimum Gasteiger partial charge on any atom is -0.472 e. The number of amides is 2. The van der Waals surface area contributed by atoms with E-state index in [1.54, 1.807) is 19.1 Å². The zero-order chi connectivity index (χ0) is 23.2. The molecule has 0 radical (unpaired) electrons. The Morgan fingerprint density at radius 3 is 3.03 bits per heavy atom. The van der Waals surface area contributed by atoms with E-state index in [0.717, 1.165) is 33.7 Å². The number of carbonyl (C=O) groups excluding carboxylic acids is 2. The van der Waals surface area contributed by atoms with Crippen LogP contribution in [0.2, 0.25) is 0 Å². The van der Waals surface area contributed by atoms with Gasteiger partial charge in [0.1, 0.15) is 17.3 Å². The largest absolute Gasteiger partial charge is 0.472 e. The van der Waals surface area contributed by atoms with Gasteiger partial charge in [-0.2, -0.15) is 5.26 Å². The van der Waals surface area contributed by atoms with Crippen LogP contribution in [0.25, 0.3) is 6.08 Å². The molecule has 0 spiro atoms. The maximum atomic E-state index is 12.3. The minimum atomic E-state index is -0.498. The summed E-state index contributed by atoms with van der Waals surface area (Å²) in [4.78, 5) is 25.4. The molecule has 2 N–H and O–H groups in total. The van der Waals surface area contributed by atoms with Gasteiger partial charge in [-0.25, -0.2) is 4.79 Å². The molecule has 0 aromatic carbocycles. The predicted octanol–water partition coefficient (Wildman–Crippen LogP) is 4.19. The van der Waals surface area contributed by atoms with Crippen LogP contribution in [-0.4, -0.2) is 23.8 Å². The summed E-state index contributed by atoms with van der Waals surface area (Å²) in [6.45, 7) is 2.37. The number of carbonyl (C=O) groups is 2. The summed E-state index contributed by atoms with van der Waals surface area (Å²) in [6, 6.07) is 3.97. The lowest BCUT2D eigenvalue weighted by atomic mass is 9.88. The Morgan fingerprint density at radius 2 is 2.30 bits per heavy atom. The van der Waals surface area contributed by atoms with Gasteiger partial charge in [0.05, 0.1) is 36.9 Å². The van der Waals surface area contributed by atoms with Crippen molar-refractivity contribution >= 4 is 34.4 Å². The second-order valence-corrected chi connectivity index (χ2v) is 8.79.